The van der Waals surface area contributed by atoms with Crippen molar-refractivity contribution in [1.82, 2.24) is 15.4 Å². The maximum atomic E-state index is 5.48. The van der Waals surface area contributed by atoms with Gasteiger partial charge in [0.25, 0.3) is 0 Å². The van der Waals surface area contributed by atoms with Crippen LogP contribution in [-0.2, 0) is 6.54 Å². The van der Waals surface area contributed by atoms with Crippen LogP contribution < -0.4 is 5.32 Å². The van der Waals surface area contributed by atoms with Crippen LogP contribution >= 0.6 is 24.0 Å². The first-order valence-electron chi connectivity index (χ1n) is 9.30. The lowest BCUT2D eigenvalue weighted by molar-refractivity contribution is 0.299. The van der Waals surface area contributed by atoms with Crippen LogP contribution in [0.2, 0.25) is 0 Å². The molecule has 140 valence electrons. The number of halogens is 1. The number of aromatic nitrogens is 1. The van der Waals surface area contributed by atoms with Crippen LogP contribution in [0.15, 0.2) is 45.9 Å². The van der Waals surface area contributed by atoms with Gasteiger partial charge in [0.2, 0.25) is 0 Å². The van der Waals surface area contributed by atoms with E-state index in [0.29, 0.717) is 6.54 Å². The summed E-state index contributed by atoms with van der Waals surface area (Å²) in [5.41, 5.74) is 1.95. The van der Waals surface area contributed by atoms with E-state index in [0.717, 1.165) is 47.9 Å². The molecule has 0 amide bonds. The molecule has 2 fully saturated rings. The molecule has 2 unspecified atom stereocenters. The van der Waals surface area contributed by atoms with Crippen LogP contribution in [0.4, 0.5) is 0 Å². The Morgan fingerprint density at radius 3 is 2.54 bits per heavy atom. The fourth-order valence-electron chi connectivity index (χ4n) is 4.21. The van der Waals surface area contributed by atoms with Crippen molar-refractivity contribution in [2.24, 2.45) is 16.8 Å². The summed E-state index contributed by atoms with van der Waals surface area (Å²) in [6.07, 6.45) is 5.54. The third-order valence-corrected chi connectivity index (χ3v) is 5.53. The molecule has 0 spiro atoms. The van der Waals surface area contributed by atoms with Gasteiger partial charge in [-0.1, -0.05) is 48.3 Å². The van der Waals surface area contributed by atoms with Gasteiger partial charge in [-0.15, -0.1) is 24.0 Å². The summed E-state index contributed by atoms with van der Waals surface area (Å²) in [5, 5.41) is 7.64. The van der Waals surface area contributed by atoms with Crippen molar-refractivity contribution in [2.75, 3.05) is 20.1 Å². The van der Waals surface area contributed by atoms with Crippen molar-refractivity contribution in [3.63, 3.8) is 0 Å². The molecule has 1 saturated heterocycles. The topological polar surface area (TPSA) is 53.7 Å². The number of hydrogen-bond donors (Lipinski definition) is 1. The largest absolute Gasteiger partial charge is 0.356 e. The molecule has 1 aromatic heterocycles. The average molecular weight is 466 g/mol. The molecule has 2 heterocycles. The van der Waals surface area contributed by atoms with Gasteiger partial charge in [-0.25, -0.2) is 0 Å². The van der Waals surface area contributed by atoms with E-state index in [1.165, 1.54) is 25.7 Å². The van der Waals surface area contributed by atoms with Gasteiger partial charge in [0.05, 0.1) is 6.54 Å². The first-order valence-corrected chi connectivity index (χ1v) is 9.30. The third kappa shape index (κ3) is 4.22. The molecule has 1 aromatic carbocycles. The molecule has 1 N–H and O–H groups in total. The molecule has 1 aliphatic carbocycles. The number of nitrogens with one attached hydrogen (secondary N) is 1. The normalized spacial score (nSPS) is 22.7. The summed E-state index contributed by atoms with van der Waals surface area (Å²) in [5.74, 6) is 3.49. The molecule has 1 aliphatic heterocycles. The second-order valence-corrected chi connectivity index (χ2v) is 7.16. The Labute approximate surface area is 172 Å². The van der Waals surface area contributed by atoms with E-state index in [4.69, 9.17) is 4.52 Å². The standard InChI is InChI=1S/C20H26N4O.HI/c1-21-20(24-13-16-9-5-6-10-17(16)14-24)22-12-18-11-19(25-23-18)15-7-3-2-4-8-15;/h2-4,7-8,11,16-17H,5-6,9-10,12-14H2,1H3,(H,21,22);1H. The first-order chi connectivity index (χ1) is 12.3. The number of likely N-dealkylation sites (tertiary alicyclic amines) is 1. The first kappa shape index (κ1) is 19.2. The number of benzene rings is 1. The van der Waals surface area contributed by atoms with E-state index in [-0.39, 0.29) is 24.0 Å². The minimum atomic E-state index is 0. The number of aliphatic imine (C=N–C) groups is 1. The Hall–Kier alpha value is -1.57. The van der Waals surface area contributed by atoms with Crippen molar-refractivity contribution in [3.8, 4) is 11.3 Å². The van der Waals surface area contributed by atoms with Crippen molar-refractivity contribution in [1.29, 1.82) is 0 Å². The molecule has 1 saturated carbocycles. The van der Waals surface area contributed by atoms with Crippen LogP contribution in [0.25, 0.3) is 11.3 Å². The number of fused-ring (bicyclic) bond motifs is 1. The van der Waals surface area contributed by atoms with Crippen LogP contribution in [0, 0.1) is 11.8 Å². The zero-order valence-electron chi connectivity index (χ0n) is 15.2. The second-order valence-electron chi connectivity index (χ2n) is 7.16. The number of guanidine groups is 1. The van der Waals surface area contributed by atoms with Crippen molar-refractivity contribution in [2.45, 2.75) is 32.2 Å². The van der Waals surface area contributed by atoms with Gasteiger partial charge in [-0.05, 0) is 24.7 Å². The fourth-order valence-corrected chi connectivity index (χ4v) is 4.21. The van der Waals surface area contributed by atoms with E-state index >= 15 is 0 Å². The monoisotopic (exact) mass is 466 g/mol. The predicted octanol–water partition coefficient (Wildman–Crippen LogP) is 4.16. The molecule has 0 bridgehead atoms. The highest BCUT2D eigenvalue weighted by atomic mass is 127. The van der Waals surface area contributed by atoms with E-state index in [9.17, 15) is 0 Å². The Balaban J connectivity index is 0.00000196. The van der Waals surface area contributed by atoms with Crippen LogP contribution in [-0.4, -0.2) is 36.2 Å². The maximum absolute atomic E-state index is 5.48. The number of rotatable bonds is 3. The van der Waals surface area contributed by atoms with Gasteiger partial charge < -0.3 is 14.7 Å². The predicted molar refractivity (Wildman–Crippen MR) is 115 cm³/mol. The summed E-state index contributed by atoms with van der Waals surface area (Å²) in [4.78, 5) is 6.90. The van der Waals surface area contributed by atoms with Gasteiger partial charge in [-0.2, -0.15) is 0 Å². The van der Waals surface area contributed by atoms with Crippen molar-refractivity contribution < 1.29 is 4.52 Å². The lowest BCUT2D eigenvalue weighted by atomic mass is 9.82. The lowest BCUT2D eigenvalue weighted by Gasteiger charge is -2.22. The fraction of sp³-hybridized carbons (Fsp3) is 0.500. The maximum Gasteiger partial charge on any atom is 0.193 e. The van der Waals surface area contributed by atoms with Crippen LogP contribution in [0.1, 0.15) is 31.4 Å². The van der Waals surface area contributed by atoms with E-state index in [1.807, 2.05) is 43.4 Å². The molecule has 6 heteroatoms. The Kier molecular flexibility index (Phi) is 6.56. The Bertz CT molecular complexity index is 716. The molecule has 2 aromatic rings. The molecule has 0 radical (unpaired) electrons. The SMILES string of the molecule is CN=C(NCc1cc(-c2ccccc2)on1)N1CC2CCCCC2C1.I. The second kappa shape index (κ2) is 8.88. The minimum Gasteiger partial charge on any atom is -0.356 e. The summed E-state index contributed by atoms with van der Waals surface area (Å²) < 4.78 is 5.48. The zero-order chi connectivity index (χ0) is 17.1. The van der Waals surface area contributed by atoms with Crippen molar-refractivity contribution >= 4 is 29.9 Å². The molecular formula is C20H27IN4O. The Morgan fingerprint density at radius 2 is 1.88 bits per heavy atom. The van der Waals surface area contributed by atoms with Gasteiger partial charge in [0, 0.05) is 31.8 Å². The summed E-state index contributed by atoms with van der Waals surface area (Å²) in [7, 11) is 1.86. The average Bonchev–Trinajstić information content (AvgIpc) is 3.30. The molecule has 2 aliphatic rings. The van der Waals surface area contributed by atoms with Crippen molar-refractivity contribution in [3.05, 3.63) is 42.1 Å². The lowest BCUT2D eigenvalue weighted by Crippen LogP contribution is -2.39. The molecule has 26 heavy (non-hydrogen) atoms. The van der Waals surface area contributed by atoms with E-state index in [2.05, 4.69) is 20.4 Å². The number of nitrogens with zero attached hydrogens (tertiary/aromatic N) is 3. The molecule has 4 rings (SSSR count). The van der Waals surface area contributed by atoms with Gasteiger partial charge in [0.15, 0.2) is 11.7 Å². The smallest absolute Gasteiger partial charge is 0.193 e. The quantitative estimate of drug-likeness (QED) is 0.420. The Morgan fingerprint density at radius 1 is 1.19 bits per heavy atom. The molecule has 5 nitrogen and oxygen atoms in total. The molecule has 2 atom stereocenters. The summed E-state index contributed by atoms with van der Waals surface area (Å²) >= 11 is 0. The van der Waals surface area contributed by atoms with E-state index in [1.54, 1.807) is 0 Å². The van der Waals surface area contributed by atoms with Crippen LogP contribution in [0.5, 0.6) is 0 Å². The highest BCUT2D eigenvalue weighted by Crippen LogP contribution is 2.35. The molecular weight excluding hydrogens is 439 g/mol. The summed E-state index contributed by atoms with van der Waals surface area (Å²) in [6.45, 7) is 2.91. The van der Waals surface area contributed by atoms with E-state index < -0.39 is 0 Å². The van der Waals surface area contributed by atoms with Crippen LogP contribution in [0.3, 0.4) is 0 Å². The highest BCUT2D eigenvalue weighted by molar-refractivity contribution is 14.0. The van der Waals surface area contributed by atoms with Gasteiger partial charge in [-0.3, -0.25) is 4.99 Å². The van der Waals surface area contributed by atoms with Gasteiger partial charge >= 0.3 is 0 Å². The summed E-state index contributed by atoms with van der Waals surface area (Å²) in [6, 6.07) is 12.1. The number of hydrogen-bond acceptors (Lipinski definition) is 3. The highest BCUT2D eigenvalue weighted by Gasteiger charge is 2.35. The van der Waals surface area contributed by atoms with Gasteiger partial charge in [0.1, 0.15) is 5.69 Å². The zero-order valence-corrected chi connectivity index (χ0v) is 17.6. The minimum absolute atomic E-state index is 0. The third-order valence-electron chi connectivity index (χ3n) is 5.53.